The minimum absolute atomic E-state index is 0.398. The van der Waals surface area contributed by atoms with Crippen molar-refractivity contribution in [2.24, 2.45) is 0 Å². The molecule has 0 saturated carbocycles. The van der Waals surface area contributed by atoms with Gasteiger partial charge in [0.2, 0.25) is 0 Å². The molecule has 0 aromatic heterocycles. The van der Waals surface area contributed by atoms with Gasteiger partial charge in [0.05, 0.1) is 15.7 Å². The van der Waals surface area contributed by atoms with Gasteiger partial charge in [-0.1, -0.05) is 29.3 Å². The maximum absolute atomic E-state index is 6.38. The molecule has 0 atom stereocenters. The molecule has 4 N–H and O–H groups in total. The minimum atomic E-state index is 0.398. The van der Waals surface area contributed by atoms with Crippen molar-refractivity contribution in [2.75, 3.05) is 11.5 Å². The molecule has 0 spiro atoms. The van der Waals surface area contributed by atoms with Gasteiger partial charge in [-0.3, -0.25) is 0 Å². The molecule has 2 rings (SSSR count). The molecule has 0 saturated heterocycles. The number of halogens is 2. The van der Waals surface area contributed by atoms with Crippen LogP contribution in [0.2, 0.25) is 10.0 Å². The Morgan fingerprint density at radius 3 is 1.75 bits per heavy atom. The van der Waals surface area contributed by atoms with Crippen LogP contribution < -0.4 is 11.5 Å². The van der Waals surface area contributed by atoms with Gasteiger partial charge < -0.3 is 11.5 Å². The second-order valence-corrected chi connectivity index (χ2v) is 5.87. The molecule has 0 bridgehead atoms. The van der Waals surface area contributed by atoms with Crippen molar-refractivity contribution in [1.82, 2.24) is 0 Å². The molecular formula is C16H18Cl2N2. The standard InChI is InChI=1S/C16H18Cl2N2/c1-7-9(3)16(20)10(4)8(2)13(7)11-5-6-12(19)15(18)14(11)17/h5-6H,19-20H2,1-4H3. The van der Waals surface area contributed by atoms with Crippen molar-refractivity contribution in [1.29, 1.82) is 0 Å². The molecule has 0 heterocycles. The zero-order valence-electron chi connectivity index (χ0n) is 12.1. The monoisotopic (exact) mass is 308 g/mol. The fraction of sp³-hybridized carbons (Fsp3) is 0.250. The predicted molar refractivity (Wildman–Crippen MR) is 89.7 cm³/mol. The Labute approximate surface area is 129 Å². The average molecular weight is 309 g/mol. The largest absolute Gasteiger partial charge is 0.398 e. The van der Waals surface area contributed by atoms with Crippen LogP contribution in [0.3, 0.4) is 0 Å². The van der Waals surface area contributed by atoms with E-state index in [1.807, 2.05) is 33.8 Å². The van der Waals surface area contributed by atoms with Gasteiger partial charge in [-0.2, -0.15) is 0 Å². The van der Waals surface area contributed by atoms with Crippen LogP contribution in [0, 0.1) is 27.7 Å². The summed E-state index contributed by atoms with van der Waals surface area (Å²) in [6.07, 6.45) is 0. The van der Waals surface area contributed by atoms with Gasteiger partial charge in [-0.15, -0.1) is 0 Å². The summed E-state index contributed by atoms with van der Waals surface area (Å²) in [6.45, 7) is 8.14. The van der Waals surface area contributed by atoms with E-state index in [0.717, 1.165) is 39.1 Å². The molecule has 0 aliphatic carbocycles. The van der Waals surface area contributed by atoms with Crippen molar-refractivity contribution >= 4 is 34.6 Å². The molecular weight excluding hydrogens is 291 g/mol. The summed E-state index contributed by atoms with van der Waals surface area (Å²) in [4.78, 5) is 0. The van der Waals surface area contributed by atoms with E-state index in [-0.39, 0.29) is 0 Å². The van der Waals surface area contributed by atoms with Crippen molar-refractivity contribution < 1.29 is 0 Å². The molecule has 2 aromatic carbocycles. The van der Waals surface area contributed by atoms with Crippen LogP contribution in [0.4, 0.5) is 11.4 Å². The van der Waals surface area contributed by atoms with E-state index in [1.54, 1.807) is 6.07 Å². The lowest BCUT2D eigenvalue weighted by atomic mass is 9.88. The first kappa shape index (κ1) is 15.0. The first-order valence-electron chi connectivity index (χ1n) is 6.37. The molecule has 0 unspecified atom stereocenters. The number of nitrogens with two attached hydrogens (primary N) is 2. The normalized spacial score (nSPS) is 10.9. The van der Waals surface area contributed by atoms with E-state index < -0.39 is 0 Å². The summed E-state index contributed by atoms with van der Waals surface area (Å²) in [5.41, 5.74) is 19.6. The highest BCUT2D eigenvalue weighted by atomic mass is 35.5. The molecule has 106 valence electrons. The minimum Gasteiger partial charge on any atom is -0.398 e. The topological polar surface area (TPSA) is 52.0 Å². The third kappa shape index (κ3) is 2.13. The van der Waals surface area contributed by atoms with Crippen molar-refractivity contribution in [3.05, 3.63) is 44.4 Å². The summed E-state index contributed by atoms with van der Waals surface area (Å²) in [5.74, 6) is 0. The van der Waals surface area contributed by atoms with Crippen LogP contribution >= 0.6 is 23.2 Å². The molecule has 4 heteroatoms. The number of hydrogen-bond donors (Lipinski definition) is 2. The second kappa shape index (κ2) is 5.19. The Balaban J connectivity index is 2.87. The zero-order chi connectivity index (χ0) is 15.2. The van der Waals surface area contributed by atoms with E-state index in [1.165, 1.54) is 0 Å². The van der Waals surface area contributed by atoms with E-state index in [9.17, 15) is 0 Å². The molecule has 0 radical (unpaired) electrons. The van der Waals surface area contributed by atoms with Gasteiger partial charge in [0.1, 0.15) is 0 Å². The zero-order valence-corrected chi connectivity index (χ0v) is 13.6. The highest BCUT2D eigenvalue weighted by Crippen LogP contribution is 2.42. The maximum atomic E-state index is 6.38. The molecule has 0 aliphatic heterocycles. The van der Waals surface area contributed by atoms with Gasteiger partial charge in [0.25, 0.3) is 0 Å². The van der Waals surface area contributed by atoms with E-state index in [0.29, 0.717) is 15.7 Å². The summed E-state index contributed by atoms with van der Waals surface area (Å²) < 4.78 is 0. The quantitative estimate of drug-likeness (QED) is 0.723. The molecule has 2 aromatic rings. The summed E-state index contributed by atoms with van der Waals surface area (Å²) in [7, 11) is 0. The lowest BCUT2D eigenvalue weighted by Crippen LogP contribution is -2.03. The SMILES string of the molecule is Cc1c(C)c(-c2ccc(N)c(Cl)c2Cl)c(C)c(C)c1N. The fourth-order valence-electron chi connectivity index (χ4n) is 2.50. The number of hydrogen-bond acceptors (Lipinski definition) is 2. The third-order valence-corrected chi connectivity index (χ3v) is 4.96. The highest BCUT2D eigenvalue weighted by Gasteiger charge is 2.18. The number of rotatable bonds is 1. The average Bonchev–Trinajstić information content (AvgIpc) is 2.43. The Morgan fingerprint density at radius 2 is 1.25 bits per heavy atom. The van der Waals surface area contributed by atoms with Crippen LogP contribution in [0.5, 0.6) is 0 Å². The first-order chi connectivity index (χ1) is 9.27. The lowest BCUT2D eigenvalue weighted by Gasteiger charge is -2.20. The van der Waals surface area contributed by atoms with Crippen LogP contribution in [0.1, 0.15) is 22.3 Å². The lowest BCUT2D eigenvalue weighted by molar-refractivity contribution is 1.25. The molecule has 2 nitrogen and oxygen atoms in total. The van der Waals surface area contributed by atoms with Crippen LogP contribution in [0.25, 0.3) is 11.1 Å². The number of benzene rings is 2. The van der Waals surface area contributed by atoms with E-state index in [2.05, 4.69) is 0 Å². The predicted octanol–water partition coefficient (Wildman–Crippen LogP) is 5.06. The van der Waals surface area contributed by atoms with Crippen LogP contribution in [0.15, 0.2) is 12.1 Å². The smallest absolute Gasteiger partial charge is 0.0827 e. The summed E-state index contributed by atoms with van der Waals surface area (Å²) in [5, 5.41) is 0.886. The molecule has 0 aliphatic rings. The van der Waals surface area contributed by atoms with Crippen LogP contribution in [-0.2, 0) is 0 Å². The Hall–Kier alpha value is -1.38. The number of anilines is 2. The fourth-order valence-corrected chi connectivity index (χ4v) is 2.93. The Bertz CT molecular complexity index is 677. The Kier molecular flexibility index (Phi) is 3.90. The third-order valence-electron chi connectivity index (χ3n) is 4.06. The van der Waals surface area contributed by atoms with Crippen LogP contribution in [-0.4, -0.2) is 0 Å². The summed E-state index contributed by atoms with van der Waals surface area (Å²) in [6, 6.07) is 3.69. The van der Waals surface area contributed by atoms with Gasteiger partial charge in [-0.05, 0) is 61.6 Å². The van der Waals surface area contributed by atoms with Crippen molar-refractivity contribution in [2.45, 2.75) is 27.7 Å². The molecule has 20 heavy (non-hydrogen) atoms. The molecule has 0 amide bonds. The summed E-state index contributed by atoms with van der Waals surface area (Å²) >= 11 is 12.5. The second-order valence-electron chi connectivity index (χ2n) is 5.12. The Morgan fingerprint density at radius 1 is 0.750 bits per heavy atom. The van der Waals surface area contributed by atoms with Gasteiger partial charge in [0, 0.05) is 11.3 Å². The maximum Gasteiger partial charge on any atom is 0.0827 e. The van der Waals surface area contributed by atoms with Gasteiger partial charge in [0.15, 0.2) is 0 Å². The van der Waals surface area contributed by atoms with Gasteiger partial charge in [-0.25, -0.2) is 0 Å². The molecule has 0 fully saturated rings. The van der Waals surface area contributed by atoms with Gasteiger partial charge >= 0.3 is 0 Å². The number of nitrogen functional groups attached to an aromatic ring is 2. The van der Waals surface area contributed by atoms with E-state index in [4.69, 9.17) is 34.7 Å². The van der Waals surface area contributed by atoms with E-state index >= 15 is 0 Å². The highest BCUT2D eigenvalue weighted by molar-refractivity contribution is 6.45. The van der Waals surface area contributed by atoms with Crippen molar-refractivity contribution in [3.63, 3.8) is 0 Å². The first-order valence-corrected chi connectivity index (χ1v) is 7.12. The van der Waals surface area contributed by atoms with Crippen molar-refractivity contribution in [3.8, 4) is 11.1 Å².